The van der Waals surface area contributed by atoms with Gasteiger partial charge in [-0.25, -0.2) is 13.2 Å². The number of hydrogen-bond donors (Lipinski definition) is 0. The average Bonchev–Trinajstić information content (AvgIpc) is 2.87. The smallest absolute Gasteiger partial charge is 0.201 e. The lowest BCUT2D eigenvalue weighted by Gasteiger charge is -2.13. The minimum Gasteiger partial charge on any atom is -0.490 e. The van der Waals surface area contributed by atoms with Crippen molar-refractivity contribution in [3.63, 3.8) is 0 Å². The first-order chi connectivity index (χ1) is 17.0. The molecule has 0 atom stereocenters. The Morgan fingerprint density at radius 3 is 1.97 bits per heavy atom. The highest BCUT2D eigenvalue weighted by molar-refractivity contribution is 5.72. The summed E-state index contributed by atoms with van der Waals surface area (Å²) in [6, 6.07) is 12.5. The Balaban J connectivity index is 1.76. The van der Waals surface area contributed by atoms with Crippen LogP contribution in [-0.4, -0.2) is 6.61 Å². The first-order valence-corrected chi connectivity index (χ1v) is 12.3. The molecule has 0 aromatic heterocycles. The molecule has 35 heavy (non-hydrogen) atoms. The van der Waals surface area contributed by atoms with Crippen molar-refractivity contribution < 1.29 is 22.3 Å². The largest absolute Gasteiger partial charge is 0.490 e. The number of allylic oxidation sites excluding steroid dienone is 1. The van der Waals surface area contributed by atoms with Crippen LogP contribution in [0.3, 0.4) is 0 Å². The summed E-state index contributed by atoms with van der Waals surface area (Å²) in [7, 11) is 0. The molecule has 0 fully saturated rings. The fourth-order valence-electron chi connectivity index (χ4n) is 4.03. The number of benzene rings is 3. The fraction of sp³-hybridized carbons (Fsp3) is 0.333. The van der Waals surface area contributed by atoms with E-state index < -0.39 is 23.3 Å². The van der Waals surface area contributed by atoms with Crippen molar-refractivity contribution >= 4 is 0 Å². The molecular formula is C30H32F4O. The third-order valence-corrected chi connectivity index (χ3v) is 6.06. The zero-order valence-corrected chi connectivity index (χ0v) is 20.2. The summed E-state index contributed by atoms with van der Waals surface area (Å²) < 4.78 is 64.4. The highest BCUT2D eigenvalue weighted by Gasteiger charge is 2.21. The van der Waals surface area contributed by atoms with E-state index >= 15 is 0 Å². The molecule has 0 aliphatic heterocycles. The van der Waals surface area contributed by atoms with E-state index in [-0.39, 0.29) is 29.0 Å². The Bertz CT molecular complexity index is 1120. The van der Waals surface area contributed by atoms with E-state index in [1.165, 1.54) is 49.9 Å². The second-order valence-corrected chi connectivity index (χ2v) is 8.67. The van der Waals surface area contributed by atoms with Gasteiger partial charge in [-0.3, -0.25) is 0 Å². The van der Waals surface area contributed by atoms with E-state index in [1.54, 1.807) is 18.2 Å². The second-order valence-electron chi connectivity index (χ2n) is 8.67. The normalized spacial score (nSPS) is 11.0. The van der Waals surface area contributed by atoms with Crippen molar-refractivity contribution in [1.29, 1.82) is 0 Å². The molecule has 3 aromatic rings. The minimum absolute atomic E-state index is 0.0730. The van der Waals surface area contributed by atoms with Gasteiger partial charge in [0.2, 0.25) is 5.82 Å². The van der Waals surface area contributed by atoms with Gasteiger partial charge in [-0.05, 0) is 48.9 Å². The third-order valence-electron chi connectivity index (χ3n) is 6.06. The van der Waals surface area contributed by atoms with E-state index in [0.717, 1.165) is 18.4 Å². The zero-order chi connectivity index (χ0) is 25.2. The van der Waals surface area contributed by atoms with E-state index in [1.807, 2.05) is 12.1 Å². The topological polar surface area (TPSA) is 9.23 Å². The van der Waals surface area contributed by atoms with Gasteiger partial charge < -0.3 is 4.74 Å². The van der Waals surface area contributed by atoms with Crippen molar-refractivity contribution in [2.45, 2.75) is 58.3 Å². The molecule has 0 bridgehead atoms. The van der Waals surface area contributed by atoms with Gasteiger partial charge >= 0.3 is 0 Å². The molecule has 186 valence electrons. The molecular weight excluding hydrogens is 452 g/mol. The van der Waals surface area contributed by atoms with Gasteiger partial charge in [0.25, 0.3) is 0 Å². The Morgan fingerprint density at radius 1 is 0.686 bits per heavy atom. The van der Waals surface area contributed by atoms with E-state index in [9.17, 15) is 17.6 Å². The summed E-state index contributed by atoms with van der Waals surface area (Å²) in [5.41, 5.74) is 1.04. The lowest BCUT2D eigenvalue weighted by atomic mass is 9.97. The fourth-order valence-corrected chi connectivity index (χ4v) is 4.03. The van der Waals surface area contributed by atoms with Gasteiger partial charge in [0.15, 0.2) is 23.2 Å². The van der Waals surface area contributed by atoms with Crippen LogP contribution in [0.25, 0.3) is 22.3 Å². The lowest BCUT2D eigenvalue weighted by molar-refractivity contribution is 0.291. The predicted octanol–water partition coefficient (Wildman–Crippen LogP) is 9.43. The van der Waals surface area contributed by atoms with Crippen LogP contribution >= 0.6 is 0 Å². The number of hydrogen-bond acceptors (Lipinski definition) is 1. The quantitative estimate of drug-likeness (QED) is 0.133. The maximum atomic E-state index is 15.0. The molecule has 1 nitrogen and oxygen atoms in total. The highest BCUT2D eigenvalue weighted by Crippen LogP contribution is 2.35. The Morgan fingerprint density at radius 2 is 1.29 bits per heavy atom. The van der Waals surface area contributed by atoms with E-state index in [0.29, 0.717) is 18.4 Å². The van der Waals surface area contributed by atoms with Crippen molar-refractivity contribution in [2.24, 2.45) is 0 Å². The molecule has 0 amide bonds. The van der Waals surface area contributed by atoms with Crippen molar-refractivity contribution in [3.05, 3.63) is 90.0 Å². The van der Waals surface area contributed by atoms with Gasteiger partial charge in [-0.2, -0.15) is 4.39 Å². The van der Waals surface area contributed by atoms with Crippen LogP contribution in [0, 0.1) is 23.3 Å². The number of unbranched alkanes of at least 4 members (excludes halogenated alkanes) is 5. The van der Waals surface area contributed by atoms with E-state index in [4.69, 9.17) is 4.74 Å². The summed E-state index contributed by atoms with van der Waals surface area (Å²) in [5.74, 6) is -5.09. The van der Waals surface area contributed by atoms with E-state index in [2.05, 4.69) is 13.5 Å². The Kier molecular flexibility index (Phi) is 9.95. The van der Waals surface area contributed by atoms with Crippen LogP contribution in [0.1, 0.15) is 57.4 Å². The van der Waals surface area contributed by atoms with Gasteiger partial charge in [0.1, 0.15) is 0 Å². The van der Waals surface area contributed by atoms with Gasteiger partial charge in [0.05, 0.1) is 6.61 Å². The predicted molar refractivity (Wildman–Crippen MR) is 135 cm³/mol. The van der Waals surface area contributed by atoms with Gasteiger partial charge in [-0.15, -0.1) is 6.58 Å². The monoisotopic (exact) mass is 484 g/mol. The van der Waals surface area contributed by atoms with Crippen LogP contribution in [-0.2, 0) is 6.42 Å². The molecule has 5 heteroatoms. The number of aryl methyl sites for hydroxylation is 1. The van der Waals surface area contributed by atoms with Crippen LogP contribution in [0.15, 0.2) is 61.2 Å². The summed E-state index contributed by atoms with van der Waals surface area (Å²) in [6.07, 6.45) is 9.87. The maximum Gasteiger partial charge on any atom is 0.201 e. The Labute approximate surface area is 205 Å². The summed E-state index contributed by atoms with van der Waals surface area (Å²) in [6.45, 7) is 5.96. The maximum absolute atomic E-state index is 15.0. The molecule has 0 saturated heterocycles. The number of halogens is 4. The molecule has 0 aliphatic carbocycles. The molecule has 0 N–H and O–H groups in total. The molecule has 0 unspecified atom stereocenters. The first kappa shape index (κ1) is 26.5. The van der Waals surface area contributed by atoms with Crippen LogP contribution < -0.4 is 4.74 Å². The van der Waals surface area contributed by atoms with Gasteiger partial charge in [0, 0.05) is 16.7 Å². The minimum atomic E-state index is -1.28. The molecule has 0 heterocycles. The Hall–Kier alpha value is -3.08. The molecule has 3 rings (SSSR count). The van der Waals surface area contributed by atoms with Crippen LogP contribution in [0.5, 0.6) is 5.75 Å². The molecule has 0 spiro atoms. The van der Waals surface area contributed by atoms with Gasteiger partial charge in [-0.1, -0.05) is 75.1 Å². The van der Waals surface area contributed by atoms with Crippen LogP contribution in [0.2, 0.25) is 0 Å². The number of rotatable bonds is 13. The molecule has 3 aromatic carbocycles. The lowest BCUT2D eigenvalue weighted by Crippen LogP contribution is -2.02. The highest BCUT2D eigenvalue weighted by atomic mass is 19.2. The second kappa shape index (κ2) is 13.1. The molecule has 0 saturated carbocycles. The molecule has 0 radical (unpaired) electrons. The number of ether oxygens (including phenoxy) is 1. The first-order valence-electron chi connectivity index (χ1n) is 12.3. The van der Waals surface area contributed by atoms with Crippen molar-refractivity contribution in [3.8, 4) is 28.0 Å². The van der Waals surface area contributed by atoms with Crippen molar-refractivity contribution in [2.75, 3.05) is 6.61 Å². The summed E-state index contributed by atoms with van der Waals surface area (Å²) >= 11 is 0. The molecule has 0 aliphatic rings. The average molecular weight is 485 g/mol. The SMILES string of the molecule is C=CCCCOc1ccc(-c2ccc(-c3ccc(CCCCCCC)cc3)c(F)c2F)c(F)c1F. The summed E-state index contributed by atoms with van der Waals surface area (Å²) in [4.78, 5) is 0. The third kappa shape index (κ3) is 6.74. The van der Waals surface area contributed by atoms with Crippen molar-refractivity contribution in [1.82, 2.24) is 0 Å². The summed E-state index contributed by atoms with van der Waals surface area (Å²) in [5, 5.41) is 0. The van der Waals surface area contributed by atoms with Crippen LogP contribution in [0.4, 0.5) is 17.6 Å². The zero-order valence-electron chi connectivity index (χ0n) is 20.2. The standard InChI is InChI=1S/C30H32F4O/c1-3-5-7-8-9-11-21-12-14-22(15-13-21)23-16-17-24(28(32)27(23)31)25-18-19-26(30(34)29(25)33)35-20-10-6-4-2/h4,12-19H,2-3,5-11,20H2,1H3.